The molecule has 0 radical (unpaired) electrons. The Bertz CT molecular complexity index is 89.3. The molecule has 0 spiro atoms. The van der Waals surface area contributed by atoms with Gasteiger partial charge in [0.25, 0.3) is 0 Å². The van der Waals surface area contributed by atoms with E-state index in [1.54, 1.807) is 0 Å². The van der Waals surface area contributed by atoms with E-state index in [4.69, 9.17) is 0 Å². The average molecular weight is 185 g/mol. The maximum absolute atomic E-state index is 3.56. The highest BCUT2D eigenvalue weighted by molar-refractivity contribution is 4.86. The van der Waals surface area contributed by atoms with Crippen LogP contribution in [0.1, 0.15) is 59.8 Å². The van der Waals surface area contributed by atoms with Crippen LogP contribution in [-0.4, -0.2) is 12.6 Å². The summed E-state index contributed by atoms with van der Waals surface area (Å²) in [6.45, 7) is 9.29. The Hall–Kier alpha value is -0.0400. The highest BCUT2D eigenvalue weighted by Crippen LogP contribution is 2.29. The standard InChI is InChI=1S/C8H15N.2C2H6/c1-2-4-8-7(3-1)5-6-9-8;2*1-2/h7-9H,1-6H2;2*1-2H3. The number of nitrogens with one attached hydrogen (secondary N) is 1. The minimum absolute atomic E-state index is 0.916. The second-order valence-corrected chi connectivity index (χ2v) is 3.39. The second kappa shape index (κ2) is 8.55. The summed E-state index contributed by atoms with van der Waals surface area (Å²) in [5.41, 5.74) is 0. The van der Waals surface area contributed by atoms with E-state index in [1.807, 2.05) is 27.7 Å². The molecule has 2 unspecified atom stereocenters. The molecule has 1 aliphatic carbocycles. The van der Waals surface area contributed by atoms with E-state index in [0.29, 0.717) is 0 Å². The third-order valence-electron chi connectivity index (χ3n) is 2.83. The Kier molecular flexibility index (Phi) is 8.53. The SMILES string of the molecule is C1CCC2NCCC2C1.CC.CC. The van der Waals surface area contributed by atoms with Gasteiger partial charge in [0.1, 0.15) is 0 Å². The first-order valence-corrected chi connectivity index (χ1v) is 6.20. The van der Waals surface area contributed by atoms with Crippen molar-refractivity contribution in [1.29, 1.82) is 0 Å². The summed E-state index contributed by atoms with van der Waals surface area (Å²) in [6.07, 6.45) is 7.35. The molecule has 0 aromatic rings. The molecule has 2 rings (SSSR count). The van der Waals surface area contributed by atoms with Crippen LogP contribution in [0.3, 0.4) is 0 Å². The van der Waals surface area contributed by atoms with Crippen LogP contribution in [0, 0.1) is 5.92 Å². The van der Waals surface area contributed by atoms with Crippen molar-refractivity contribution >= 4 is 0 Å². The number of fused-ring (bicyclic) bond motifs is 1. The Morgan fingerprint density at radius 3 is 2.08 bits per heavy atom. The Morgan fingerprint density at radius 1 is 0.846 bits per heavy atom. The van der Waals surface area contributed by atoms with Gasteiger partial charge in [-0.3, -0.25) is 0 Å². The molecule has 80 valence electrons. The lowest BCUT2D eigenvalue weighted by atomic mass is 9.86. The summed E-state index contributed by atoms with van der Waals surface area (Å²) < 4.78 is 0. The van der Waals surface area contributed by atoms with Crippen molar-refractivity contribution in [2.45, 2.75) is 65.8 Å². The number of hydrogen-bond acceptors (Lipinski definition) is 1. The highest BCUT2D eigenvalue weighted by atomic mass is 15.0. The van der Waals surface area contributed by atoms with Gasteiger partial charge in [0.15, 0.2) is 0 Å². The molecule has 1 N–H and O–H groups in total. The first-order valence-electron chi connectivity index (χ1n) is 6.20. The summed E-state index contributed by atoms with van der Waals surface area (Å²) in [5.74, 6) is 1.05. The fourth-order valence-corrected chi connectivity index (χ4v) is 2.28. The number of hydrogen-bond donors (Lipinski definition) is 1. The first-order chi connectivity index (χ1) is 6.47. The first kappa shape index (κ1) is 13.0. The highest BCUT2D eigenvalue weighted by Gasteiger charge is 2.28. The summed E-state index contributed by atoms with van der Waals surface area (Å²) >= 11 is 0. The van der Waals surface area contributed by atoms with Gasteiger partial charge in [-0.2, -0.15) is 0 Å². The molecule has 1 heterocycles. The fourth-order valence-electron chi connectivity index (χ4n) is 2.28. The van der Waals surface area contributed by atoms with Crippen LogP contribution in [0.15, 0.2) is 0 Å². The summed E-state index contributed by atoms with van der Waals surface area (Å²) in [6, 6.07) is 0.916. The zero-order chi connectivity index (χ0) is 10.1. The lowest BCUT2D eigenvalue weighted by Crippen LogP contribution is -2.29. The average Bonchev–Trinajstić information content (AvgIpc) is 2.71. The van der Waals surface area contributed by atoms with Crippen LogP contribution in [-0.2, 0) is 0 Å². The molecule has 0 aromatic heterocycles. The van der Waals surface area contributed by atoms with E-state index in [2.05, 4.69) is 5.32 Å². The van der Waals surface area contributed by atoms with E-state index in [9.17, 15) is 0 Å². The molecule has 1 saturated carbocycles. The monoisotopic (exact) mass is 185 g/mol. The van der Waals surface area contributed by atoms with E-state index in [-0.39, 0.29) is 0 Å². The van der Waals surface area contributed by atoms with Crippen molar-refractivity contribution < 1.29 is 0 Å². The minimum atomic E-state index is 0.916. The van der Waals surface area contributed by atoms with Crippen LogP contribution >= 0.6 is 0 Å². The van der Waals surface area contributed by atoms with Crippen molar-refractivity contribution in [3.63, 3.8) is 0 Å². The van der Waals surface area contributed by atoms with Crippen LogP contribution < -0.4 is 5.32 Å². The summed E-state index contributed by atoms with van der Waals surface area (Å²) in [4.78, 5) is 0. The van der Waals surface area contributed by atoms with Gasteiger partial charge in [-0.1, -0.05) is 40.5 Å². The second-order valence-electron chi connectivity index (χ2n) is 3.39. The largest absolute Gasteiger partial charge is 0.314 e. The molecule has 2 aliphatic rings. The van der Waals surface area contributed by atoms with Gasteiger partial charge >= 0.3 is 0 Å². The summed E-state index contributed by atoms with van der Waals surface area (Å²) in [5, 5.41) is 3.56. The minimum Gasteiger partial charge on any atom is -0.314 e. The predicted molar refractivity (Wildman–Crippen MR) is 61.1 cm³/mol. The third-order valence-corrected chi connectivity index (χ3v) is 2.83. The van der Waals surface area contributed by atoms with Gasteiger partial charge in [0, 0.05) is 6.04 Å². The van der Waals surface area contributed by atoms with Crippen LogP contribution in [0.2, 0.25) is 0 Å². The molecule has 1 nitrogen and oxygen atoms in total. The van der Waals surface area contributed by atoms with Gasteiger partial charge in [-0.25, -0.2) is 0 Å². The molecule has 0 aromatic carbocycles. The van der Waals surface area contributed by atoms with Crippen LogP contribution in [0.25, 0.3) is 0 Å². The van der Waals surface area contributed by atoms with E-state index < -0.39 is 0 Å². The lowest BCUT2D eigenvalue weighted by Gasteiger charge is -2.24. The molecule has 2 atom stereocenters. The fraction of sp³-hybridized carbons (Fsp3) is 1.00. The molecule has 2 fully saturated rings. The molecule has 13 heavy (non-hydrogen) atoms. The zero-order valence-corrected chi connectivity index (χ0v) is 9.90. The maximum atomic E-state index is 3.56. The van der Waals surface area contributed by atoms with Gasteiger partial charge in [0.05, 0.1) is 0 Å². The third kappa shape index (κ3) is 4.12. The van der Waals surface area contributed by atoms with Gasteiger partial charge in [-0.15, -0.1) is 0 Å². The van der Waals surface area contributed by atoms with Crippen LogP contribution in [0.4, 0.5) is 0 Å². The molecular weight excluding hydrogens is 158 g/mol. The van der Waals surface area contributed by atoms with E-state index in [0.717, 1.165) is 12.0 Å². The van der Waals surface area contributed by atoms with Crippen molar-refractivity contribution in [1.82, 2.24) is 5.32 Å². The lowest BCUT2D eigenvalue weighted by molar-refractivity contribution is 0.326. The molecule has 1 heteroatoms. The molecule has 0 bridgehead atoms. The van der Waals surface area contributed by atoms with E-state index >= 15 is 0 Å². The molecular formula is C12H27N. The van der Waals surface area contributed by atoms with Gasteiger partial charge in [0.2, 0.25) is 0 Å². The number of rotatable bonds is 0. The quantitative estimate of drug-likeness (QED) is 0.608. The Morgan fingerprint density at radius 2 is 1.46 bits per heavy atom. The molecule has 1 saturated heterocycles. The predicted octanol–water partition coefficient (Wildman–Crippen LogP) is 3.59. The van der Waals surface area contributed by atoms with Gasteiger partial charge in [-0.05, 0) is 31.7 Å². The van der Waals surface area contributed by atoms with Crippen molar-refractivity contribution in [2.75, 3.05) is 6.54 Å². The Balaban J connectivity index is 0.000000322. The maximum Gasteiger partial charge on any atom is 0.00958 e. The van der Waals surface area contributed by atoms with Crippen molar-refractivity contribution in [3.05, 3.63) is 0 Å². The van der Waals surface area contributed by atoms with Gasteiger partial charge < -0.3 is 5.32 Å². The van der Waals surface area contributed by atoms with Crippen molar-refractivity contribution in [3.8, 4) is 0 Å². The smallest absolute Gasteiger partial charge is 0.00958 e. The molecule has 0 amide bonds. The summed E-state index contributed by atoms with van der Waals surface area (Å²) in [7, 11) is 0. The van der Waals surface area contributed by atoms with Crippen LogP contribution in [0.5, 0.6) is 0 Å². The van der Waals surface area contributed by atoms with E-state index in [1.165, 1.54) is 38.6 Å². The Labute approximate surface area is 84.3 Å². The molecule has 1 aliphatic heterocycles. The topological polar surface area (TPSA) is 12.0 Å². The normalized spacial score (nSPS) is 30.5. The van der Waals surface area contributed by atoms with Crippen molar-refractivity contribution in [2.24, 2.45) is 5.92 Å². The zero-order valence-electron chi connectivity index (χ0n) is 9.90.